The van der Waals surface area contributed by atoms with Crippen LogP contribution < -0.4 is 5.32 Å². The van der Waals surface area contributed by atoms with Crippen LogP contribution in [-0.2, 0) is 24.2 Å². The van der Waals surface area contributed by atoms with Gasteiger partial charge in [-0.3, -0.25) is 9.59 Å². The minimum Gasteiger partial charge on any atom is -0.480 e. The first-order valence-electron chi connectivity index (χ1n) is 6.55. The zero-order valence-corrected chi connectivity index (χ0v) is 12.5. The number of carboxylic acid groups (broad SMARTS) is 1. The van der Waals surface area contributed by atoms with Gasteiger partial charge in [-0.15, -0.1) is 0 Å². The highest BCUT2D eigenvalue weighted by atomic mass is 32.2. The van der Waals surface area contributed by atoms with E-state index >= 15 is 0 Å². The van der Waals surface area contributed by atoms with Crippen LogP contribution in [0.25, 0.3) is 0 Å². The first-order valence-corrected chi connectivity index (χ1v) is 8.27. The molecule has 0 radical (unpaired) electrons. The highest BCUT2D eigenvalue weighted by Crippen LogP contribution is 2.14. The van der Waals surface area contributed by atoms with Crippen LogP contribution in [0.2, 0.25) is 0 Å². The first-order chi connectivity index (χ1) is 9.24. The number of ether oxygens (including phenoxy) is 1. The Morgan fingerprint density at radius 2 is 1.85 bits per heavy atom. The Bertz CT molecular complexity index is 453. The molecule has 0 bridgehead atoms. The maximum absolute atomic E-state index is 12.0. The molecule has 1 aliphatic rings. The number of carboxylic acids is 1. The van der Waals surface area contributed by atoms with E-state index in [1.807, 2.05) is 0 Å². The molecule has 1 atom stereocenters. The lowest BCUT2D eigenvalue weighted by Crippen LogP contribution is -2.45. The van der Waals surface area contributed by atoms with E-state index in [1.54, 1.807) is 0 Å². The van der Waals surface area contributed by atoms with E-state index < -0.39 is 38.6 Å². The second-order valence-electron chi connectivity index (χ2n) is 5.26. The Labute approximate surface area is 118 Å². The summed E-state index contributed by atoms with van der Waals surface area (Å²) in [6.07, 6.45) is 1.27. The molecule has 0 aromatic heterocycles. The molecule has 8 heteroatoms. The molecule has 7 nitrogen and oxygen atoms in total. The molecule has 116 valence electrons. The highest BCUT2D eigenvalue weighted by Gasteiger charge is 2.37. The van der Waals surface area contributed by atoms with Crippen LogP contribution >= 0.6 is 0 Å². The summed E-state index contributed by atoms with van der Waals surface area (Å²) in [6, 6.07) is -0.103. The van der Waals surface area contributed by atoms with Gasteiger partial charge in [0.1, 0.15) is 5.75 Å². The van der Waals surface area contributed by atoms with Crippen molar-refractivity contribution in [1.29, 1.82) is 0 Å². The second-order valence-corrected chi connectivity index (χ2v) is 7.39. The summed E-state index contributed by atoms with van der Waals surface area (Å²) in [7, 11) is -4.01. The molecule has 1 rings (SSSR count). The summed E-state index contributed by atoms with van der Waals surface area (Å²) in [5.74, 6) is -3.45. The topological polar surface area (TPSA) is 110 Å². The van der Waals surface area contributed by atoms with Gasteiger partial charge >= 0.3 is 5.97 Å². The fourth-order valence-corrected chi connectivity index (χ4v) is 4.00. The van der Waals surface area contributed by atoms with E-state index in [9.17, 15) is 18.0 Å². The number of nitrogens with one attached hydrogen (secondary N) is 1. The summed E-state index contributed by atoms with van der Waals surface area (Å²) in [4.78, 5) is 22.8. The molecule has 0 aromatic carbocycles. The summed E-state index contributed by atoms with van der Waals surface area (Å²) in [5, 5.41) is 10.1. The van der Waals surface area contributed by atoms with Crippen molar-refractivity contribution < 1.29 is 27.9 Å². The number of carbonyl (C=O) groups is 2. The molecule has 1 saturated heterocycles. The van der Waals surface area contributed by atoms with Gasteiger partial charge in [-0.25, -0.2) is 8.42 Å². The number of carbonyl (C=O) groups excluding carboxylic acids is 1. The number of aliphatic carboxylic acids is 1. The third-order valence-corrected chi connectivity index (χ3v) is 5.34. The van der Waals surface area contributed by atoms with Crippen molar-refractivity contribution in [3.63, 3.8) is 0 Å². The van der Waals surface area contributed by atoms with E-state index in [-0.39, 0.29) is 6.04 Å². The quantitative estimate of drug-likeness (QED) is 0.703. The van der Waals surface area contributed by atoms with Crippen molar-refractivity contribution in [3.05, 3.63) is 0 Å². The maximum Gasteiger partial charge on any atom is 0.322 e. The van der Waals surface area contributed by atoms with Gasteiger partial charge in [0.2, 0.25) is 5.91 Å². The van der Waals surface area contributed by atoms with Crippen molar-refractivity contribution in [2.24, 2.45) is 5.92 Å². The predicted molar refractivity (Wildman–Crippen MR) is 72.0 cm³/mol. The molecule has 0 aromatic rings. The average molecular weight is 307 g/mol. The lowest BCUT2D eigenvalue weighted by Gasteiger charge is -2.23. The fourth-order valence-electron chi connectivity index (χ4n) is 2.24. The van der Waals surface area contributed by atoms with Gasteiger partial charge < -0.3 is 15.2 Å². The molecule has 1 heterocycles. The molecule has 0 spiro atoms. The molecule has 2 N–H and O–H groups in total. The fraction of sp³-hybridized carbons (Fsp3) is 0.833. The molecule has 1 amide bonds. The monoisotopic (exact) mass is 307 g/mol. The third-order valence-electron chi connectivity index (χ3n) is 3.15. The van der Waals surface area contributed by atoms with Gasteiger partial charge in [-0.1, -0.05) is 13.8 Å². The van der Waals surface area contributed by atoms with Crippen molar-refractivity contribution in [3.8, 4) is 0 Å². The minimum atomic E-state index is -4.01. The maximum atomic E-state index is 12.0. The zero-order valence-electron chi connectivity index (χ0n) is 11.7. The number of rotatable bonds is 6. The highest BCUT2D eigenvalue weighted by molar-refractivity contribution is 7.93. The van der Waals surface area contributed by atoms with Gasteiger partial charge in [-0.2, -0.15) is 0 Å². The number of amides is 1. The van der Waals surface area contributed by atoms with Crippen LogP contribution in [-0.4, -0.2) is 55.7 Å². The van der Waals surface area contributed by atoms with Gasteiger partial charge in [0, 0.05) is 19.3 Å². The van der Waals surface area contributed by atoms with Gasteiger partial charge in [0.05, 0.1) is 0 Å². The normalized spacial score (nSPS) is 18.8. The van der Waals surface area contributed by atoms with Gasteiger partial charge in [-0.05, 0) is 18.8 Å². The second kappa shape index (κ2) is 7.03. The molecule has 0 saturated carbocycles. The molecule has 20 heavy (non-hydrogen) atoms. The van der Waals surface area contributed by atoms with E-state index in [1.165, 1.54) is 13.8 Å². The Kier molecular flexibility index (Phi) is 5.94. The summed E-state index contributed by atoms with van der Waals surface area (Å²) < 4.78 is 29.1. The van der Waals surface area contributed by atoms with Crippen LogP contribution in [0.15, 0.2) is 0 Å². The molecule has 1 unspecified atom stereocenters. The van der Waals surface area contributed by atoms with Gasteiger partial charge in [0.15, 0.2) is 15.1 Å². The van der Waals surface area contributed by atoms with Crippen molar-refractivity contribution in [2.45, 2.75) is 38.0 Å². The Morgan fingerprint density at radius 3 is 2.30 bits per heavy atom. The number of hydrogen-bond donors (Lipinski definition) is 2. The smallest absolute Gasteiger partial charge is 0.322 e. The van der Waals surface area contributed by atoms with Crippen LogP contribution in [0.5, 0.6) is 0 Å². The van der Waals surface area contributed by atoms with Crippen LogP contribution in [0.1, 0.15) is 26.7 Å². The SMILES string of the molecule is CC(C)C(C(=O)O)S(=O)(=O)CC(=O)NC1CCOCC1. The summed E-state index contributed by atoms with van der Waals surface area (Å²) in [6.45, 7) is 4.07. The molecule has 1 fully saturated rings. The largest absolute Gasteiger partial charge is 0.480 e. The minimum absolute atomic E-state index is 0.103. The van der Waals surface area contributed by atoms with Crippen molar-refractivity contribution >= 4 is 21.7 Å². The van der Waals surface area contributed by atoms with Crippen LogP contribution in [0, 0.1) is 5.92 Å². The van der Waals surface area contributed by atoms with E-state index in [0.717, 1.165) is 0 Å². The summed E-state index contributed by atoms with van der Waals surface area (Å²) in [5.41, 5.74) is 0. The Morgan fingerprint density at radius 1 is 1.30 bits per heavy atom. The van der Waals surface area contributed by atoms with Crippen LogP contribution in [0.4, 0.5) is 0 Å². The predicted octanol–water partition coefficient (Wildman–Crippen LogP) is -0.194. The van der Waals surface area contributed by atoms with E-state index in [0.29, 0.717) is 26.1 Å². The standard InChI is InChI=1S/C12H21NO6S/c1-8(2)11(12(15)16)20(17,18)7-10(14)13-9-3-5-19-6-4-9/h8-9,11H,3-7H2,1-2H3,(H,13,14)(H,15,16). The summed E-state index contributed by atoms with van der Waals surface area (Å²) >= 11 is 0. The van der Waals surface area contributed by atoms with Crippen molar-refractivity contribution in [2.75, 3.05) is 19.0 Å². The molecular formula is C12H21NO6S. The average Bonchev–Trinajstić information content (AvgIpc) is 2.26. The van der Waals surface area contributed by atoms with E-state index in [2.05, 4.69) is 5.32 Å². The van der Waals surface area contributed by atoms with Gasteiger partial charge in [0.25, 0.3) is 0 Å². The van der Waals surface area contributed by atoms with Crippen LogP contribution in [0.3, 0.4) is 0 Å². The molecule has 1 aliphatic heterocycles. The first kappa shape index (κ1) is 16.9. The Hall–Kier alpha value is -1.15. The zero-order chi connectivity index (χ0) is 15.3. The lowest BCUT2D eigenvalue weighted by atomic mass is 10.1. The molecule has 0 aliphatic carbocycles. The van der Waals surface area contributed by atoms with E-state index in [4.69, 9.17) is 9.84 Å². The third kappa shape index (κ3) is 4.75. The molecular weight excluding hydrogens is 286 g/mol. The number of hydrogen-bond acceptors (Lipinski definition) is 5. The van der Waals surface area contributed by atoms with Crippen molar-refractivity contribution in [1.82, 2.24) is 5.32 Å². The Balaban J connectivity index is 2.64. The number of sulfone groups is 1. The lowest BCUT2D eigenvalue weighted by molar-refractivity contribution is -0.137.